The van der Waals surface area contributed by atoms with E-state index in [-0.39, 0.29) is 0 Å². The van der Waals surface area contributed by atoms with Crippen LogP contribution in [0.3, 0.4) is 0 Å². The van der Waals surface area contributed by atoms with Crippen LogP contribution in [0.2, 0.25) is 0 Å². The van der Waals surface area contributed by atoms with Crippen molar-refractivity contribution < 1.29 is 0 Å². The van der Waals surface area contributed by atoms with Gasteiger partial charge in [0.25, 0.3) is 0 Å². The Bertz CT molecular complexity index is 263. The lowest BCUT2D eigenvalue weighted by Crippen LogP contribution is -2.06. The number of rotatable bonds is 8. The molecule has 1 heterocycles. The first kappa shape index (κ1) is 12.7. The van der Waals surface area contributed by atoms with Crippen LogP contribution >= 0.6 is 0 Å². The van der Waals surface area contributed by atoms with Crippen molar-refractivity contribution in [1.29, 1.82) is 0 Å². The largest absolute Gasteiger partial charge is 0.370 e. The van der Waals surface area contributed by atoms with Gasteiger partial charge >= 0.3 is 0 Å². The maximum Gasteiger partial charge on any atom is 0.131 e. The van der Waals surface area contributed by atoms with E-state index in [1.807, 2.05) is 6.07 Å². The molecule has 0 aliphatic carbocycles. The highest BCUT2D eigenvalue weighted by Crippen LogP contribution is 2.08. The van der Waals surface area contributed by atoms with Crippen LogP contribution < -0.4 is 10.6 Å². The Hall–Kier alpha value is -1.32. The van der Waals surface area contributed by atoms with Crippen molar-refractivity contribution in [2.24, 2.45) is 0 Å². The molecule has 90 valence electrons. The van der Waals surface area contributed by atoms with Crippen LogP contribution in [-0.2, 0) is 0 Å². The van der Waals surface area contributed by atoms with Gasteiger partial charge in [0.2, 0.25) is 0 Å². The summed E-state index contributed by atoms with van der Waals surface area (Å²) in [5.41, 5.74) is 0. The fourth-order valence-electron chi connectivity index (χ4n) is 1.34. The maximum absolute atomic E-state index is 4.18. The third-order valence-corrected chi connectivity index (χ3v) is 2.34. The van der Waals surface area contributed by atoms with Gasteiger partial charge in [-0.1, -0.05) is 26.7 Å². The zero-order valence-electron chi connectivity index (χ0n) is 10.3. The van der Waals surface area contributed by atoms with Crippen LogP contribution in [0.5, 0.6) is 0 Å². The standard InChI is InChI=1S/C12H22N4/c1-3-5-7-13-11-9-12(16-10-15-11)14-8-6-4-2/h9-10H,3-8H2,1-2H3,(H2,13,14,15,16). The number of anilines is 2. The molecule has 0 radical (unpaired) electrons. The summed E-state index contributed by atoms with van der Waals surface area (Å²) in [5, 5.41) is 6.57. The van der Waals surface area contributed by atoms with E-state index in [0.717, 1.165) is 24.7 Å². The summed E-state index contributed by atoms with van der Waals surface area (Å²) in [6, 6.07) is 1.96. The lowest BCUT2D eigenvalue weighted by atomic mass is 10.3. The summed E-state index contributed by atoms with van der Waals surface area (Å²) >= 11 is 0. The molecule has 0 saturated heterocycles. The Morgan fingerprint density at radius 3 is 1.88 bits per heavy atom. The molecule has 0 bridgehead atoms. The molecule has 0 aliphatic heterocycles. The average Bonchev–Trinajstić information content (AvgIpc) is 2.30. The van der Waals surface area contributed by atoms with E-state index in [0.29, 0.717) is 0 Å². The molecular weight excluding hydrogens is 200 g/mol. The normalized spacial score (nSPS) is 10.1. The average molecular weight is 222 g/mol. The molecule has 2 N–H and O–H groups in total. The minimum absolute atomic E-state index is 0.905. The maximum atomic E-state index is 4.18. The molecule has 1 rings (SSSR count). The molecule has 0 amide bonds. The fourth-order valence-corrected chi connectivity index (χ4v) is 1.34. The first-order valence-electron chi connectivity index (χ1n) is 6.16. The summed E-state index contributed by atoms with van der Waals surface area (Å²) in [5.74, 6) is 1.81. The third kappa shape index (κ3) is 4.96. The Labute approximate surface area is 97.9 Å². The highest BCUT2D eigenvalue weighted by atomic mass is 15.1. The molecule has 1 aromatic rings. The van der Waals surface area contributed by atoms with Crippen LogP contribution in [0.25, 0.3) is 0 Å². The van der Waals surface area contributed by atoms with Gasteiger partial charge in [-0.2, -0.15) is 0 Å². The van der Waals surface area contributed by atoms with Crippen molar-refractivity contribution in [3.05, 3.63) is 12.4 Å². The third-order valence-electron chi connectivity index (χ3n) is 2.34. The molecule has 1 aromatic heterocycles. The van der Waals surface area contributed by atoms with Gasteiger partial charge in [-0.05, 0) is 12.8 Å². The topological polar surface area (TPSA) is 49.8 Å². The number of nitrogens with one attached hydrogen (secondary N) is 2. The van der Waals surface area contributed by atoms with Gasteiger partial charge in [0.1, 0.15) is 18.0 Å². The second-order valence-corrected chi connectivity index (χ2v) is 3.85. The summed E-state index contributed by atoms with van der Waals surface area (Å²) in [6.45, 7) is 6.31. The van der Waals surface area contributed by atoms with E-state index in [2.05, 4.69) is 34.4 Å². The SMILES string of the molecule is CCCCNc1cc(NCCCC)ncn1. The molecule has 0 fully saturated rings. The van der Waals surface area contributed by atoms with E-state index in [1.54, 1.807) is 6.33 Å². The van der Waals surface area contributed by atoms with E-state index in [9.17, 15) is 0 Å². The number of hydrogen-bond donors (Lipinski definition) is 2. The number of hydrogen-bond acceptors (Lipinski definition) is 4. The smallest absolute Gasteiger partial charge is 0.131 e. The number of unbranched alkanes of at least 4 members (excludes halogenated alkanes) is 2. The van der Waals surface area contributed by atoms with Crippen LogP contribution in [0.1, 0.15) is 39.5 Å². The predicted molar refractivity (Wildman–Crippen MR) is 68.8 cm³/mol. The van der Waals surface area contributed by atoms with Crippen molar-refractivity contribution in [2.75, 3.05) is 23.7 Å². The molecule has 0 spiro atoms. The minimum Gasteiger partial charge on any atom is -0.370 e. The van der Waals surface area contributed by atoms with Gasteiger partial charge < -0.3 is 10.6 Å². The Morgan fingerprint density at radius 2 is 1.44 bits per heavy atom. The van der Waals surface area contributed by atoms with Crippen LogP contribution in [0, 0.1) is 0 Å². The van der Waals surface area contributed by atoms with Crippen LogP contribution in [0.15, 0.2) is 12.4 Å². The zero-order valence-corrected chi connectivity index (χ0v) is 10.3. The van der Waals surface area contributed by atoms with Crippen molar-refractivity contribution in [3.8, 4) is 0 Å². The van der Waals surface area contributed by atoms with Crippen molar-refractivity contribution >= 4 is 11.6 Å². The molecule has 4 heteroatoms. The van der Waals surface area contributed by atoms with Crippen LogP contribution in [0.4, 0.5) is 11.6 Å². The zero-order chi connectivity index (χ0) is 11.6. The van der Waals surface area contributed by atoms with Crippen molar-refractivity contribution in [3.63, 3.8) is 0 Å². The van der Waals surface area contributed by atoms with Crippen molar-refractivity contribution in [1.82, 2.24) is 9.97 Å². The van der Waals surface area contributed by atoms with Crippen molar-refractivity contribution in [2.45, 2.75) is 39.5 Å². The highest BCUT2D eigenvalue weighted by molar-refractivity contribution is 5.46. The Morgan fingerprint density at radius 1 is 0.938 bits per heavy atom. The van der Waals surface area contributed by atoms with Crippen LogP contribution in [-0.4, -0.2) is 23.1 Å². The molecule has 0 atom stereocenters. The quantitative estimate of drug-likeness (QED) is 0.664. The minimum atomic E-state index is 0.905. The highest BCUT2D eigenvalue weighted by Gasteiger charge is 1.97. The van der Waals surface area contributed by atoms with Gasteiger partial charge in [-0.3, -0.25) is 0 Å². The van der Waals surface area contributed by atoms with Gasteiger partial charge in [0.15, 0.2) is 0 Å². The second kappa shape index (κ2) is 7.91. The summed E-state index contributed by atoms with van der Waals surface area (Å²) < 4.78 is 0. The van der Waals surface area contributed by atoms with E-state index < -0.39 is 0 Å². The number of nitrogens with zero attached hydrogens (tertiary/aromatic N) is 2. The molecular formula is C12H22N4. The lowest BCUT2D eigenvalue weighted by Gasteiger charge is -2.07. The fraction of sp³-hybridized carbons (Fsp3) is 0.667. The summed E-state index contributed by atoms with van der Waals surface area (Å²) in [4.78, 5) is 8.35. The second-order valence-electron chi connectivity index (χ2n) is 3.85. The molecule has 4 nitrogen and oxygen atoms in total. The van der Waals surface area contributed by atoms with E-state index >= 15 is 0 Å². The first-order chi connectivity index (χ1) is 7.86. The summed E-state index contributed by atoms with van der Waals surface area (Å²) in [7, 11) is 0. The molecule has 16 heavy (non-hydrogen) atoms. The lowest BCUT2D eigenvalue weighted by molar-refractivity contribution is 0.825. The Kier molecular flexibility index (Phi) is 6.30. The van der Waals surface area contributed by atoms with Gasteiger partial charge in [-0.25, -0.2) is 9.97 Å². The Balaban J connectivity index is 2.37. The van der Waals surface area contributed by atoms with E-state index in [1.165, 1.54) is 25.7 Å². The monoisotopic (exact) mass is 222 g/mol. The molecule has 0 unspecified atom stereocenters. The molecule has 0 saturated carbocycles. The van der Waals surface area contributed by atoms with Gasteiger partial charge in [-0.15, -0.1) is 0 Å². The van der Waals surface area contributed by atoms with Gasteiger partial charge in [0.05, 0.1) is 0 Å². The molecule has 0 aromatic carbocycles. The summed E-state index contributed by atoms with van der Waals surface area (Å²) in [6.07, 6.45) is 6.33. The molecule has 0 aliphatic rings. The first-order valence-corrected chi connectivity index (χ1v) is 6.16. The number of aromatic nitrogens is 2. The predicted octanol–water partition coefficient (Wildman–Crippen LogP) is 2.90. The van der Waals surface area contributed by atoms with Gasteiger partial charge in [0, 0.05) is 19.2 Å². The van der Waals surface area contributed by atoms with E-state index in [4.69, 9.17) is 0 Å².